The van der Waals surface area contributed by atoms with Gasteiger partial charge in [-0.1, -0.05) is 91.8 Å². The molecule has 1 amide bonds. The smallest absolute Gasteiger partial charge is 0.266 e. The second-order valence-corrected chi connectivity index (χ2v) is 9.32. The summed E-state index contributed by atoms with van der Waals surface area (Å²) in [7, 11) is 0. The van der Waals surface area contributed by atoms with Gasteiger partial charge in [0.15, 0.2) is 12.4 Å². The molecule has 0 spiro atoms. The molecule has 3 aromatic rings. The highest BCUT2D eigenvalue weighted by Crippen LogP contribution is 2.26. The van der Waals surface area contributed by atoms with Gasteiger partial charge in [-0.15, -0.1) is 0 Å². The Morgan fingerprint density at radius 3 is 2.54 bits per heavy atom. The summed E-state index contributed by atoms with van der Waals surface area (Å²) in [6, 6.07) is 15.8. The van der Waals surface area contributed by atoms with Gasteiger partial charge in [0.2, 0.25) is 0 Å². The first-order chi connectivity index (χ1) is 19.0. The van der Waals surface area contributed by atoms with Crippen LogP contribution in [0.15, 0.2) is 89.4 Å². The van der Waals surface area contributed by atoms with E-state index in [1.54, 1.807) is 10.6 Å². The van der Waals surface area contributed by atoms with Gasteiger partial charge in [-0.25, -0.2) is 4.98 Å². The molecule has 0 saturated carbocycles. The normalized spacial score (nSPS) is 13.7. The number of nitrogens with zero attached hydrogens (tertiary/aromatic N) is 3. The molecule has 7 nitrogen and oxygen atoms in total. The number of carbonyl (C=O) groups is 1. The minimum atomic E-state index is -0.234. The predicted molar refractivity (Wildman–Crippen MR) is 156 cm³/mol. The van der Waals surface area contributed by atoms with Crippen molar-refractivity contribution in [2.75, 3.05) is 6.61 Å². The van der Waals surface area contributed by atoms with E-state index in [0.717, 1.165) is 52.9 Å². The van der Waals surface area contributed by atoms with Gasteiger partial charge in [0.25, 0.3) is 11.5 Å². The summed E-state index contributed by atoms with van der Waals surface area (Å²) in [6.45, 7) is 9.58. The number of rotatable bonds is 10. The van der Waals surface area contributed by atoms with Gasteiger partial charge in [-0.2, -0.15) is 0 Å². The van der Waals surface area contributed by atoms with Crippen LogP contribution in [0.5, 0.6) is 0 Å². The third-order valence-electron chi connectivity index (χ3n) is 6.59. The third-order valence-corrected chi connectivity index (χ3v) is 6.59. The van der Waals surface area contributed by atoms with Crippen LogP contribution in [0.25, 0.3) is 16.8 Å². The molecule has 200 valence electrons. The molecule has 1 aliphatic heterocycles. The first-order valence-electron chi connectivity index (χ1n) is 13.2. The molecule has 1 aliphatic rings. The minimum absolute atomic E-state index is 0.0455. The van der Waals surface area contributed by atoms with Crippen molar-refractivity contribution in [2.45, 2.75) is 46.5 Å². The number of amidine groups is 1. The van der Waals surface area contributed by atoms with Crippen molar-refractivity contribution in [1.82, 2.24) is 14.9 Å². The molecule has 39 heavy (non-hydrogen) atoms. The van der Waals surface area contributed by atoms with Gasteiger partial charge in [-0.3, -0.25) is 14.2 Å². The Hall–Kier alpha value is -4.52. The monoisotopic (exact) mass is 522 g/mol. The van der Waals surface area contributed by atoms with Crippen LogP contribution in [0.4, 0.5) is 0 Å². The standard InChI is InChI=1S/C32H34N4O3/c1-5-8-12-25(7-3)36-22(4)33-29(15-9-6-2)28(32(36)38)20-23-16-18-24(19-17-23)26-13-10-11-14-27(26)31-34-30(37)21-39-35-31/h5,7-8,10-14,16-19H,1,6,9,15,20-21H2,2-4H3,(H,34,35,37)/b12-8-,25-7+. The van der Waals surface area contributed by atoms with Crippen molar-refractivity contribution < 1.29 is 9.63 Å². The number of amides is 1. The molecule has 2 heterocycles. The Balaban J connectivity index is 1.70. The summed E-state index contributed by atoms with van der Waals surface area (Å²) in [5.74, 6) is 0.829. The third kappa shape index (κ3) is 6.32. The lowest BCUT2D eigenvalue weighted by Gasteiger charge is -2.17. The van der Waals surface area contributed by atoms with E-state index < -0.39 is 0 Å². The Kier molecular flexibility index (Phi) is 9.05. The topological polar surface area (TPSA) is 85.6 Å². The zero-order valence-corrected chi connectivity index (χ0v) is 22.7. The Labute approximate surface area is 229 Å². The summed E-state index contributed by atoms with van der Waals surface area (Å²) >= 11 is 0. The number of allylic oxidation sites excluding steroid dienone is 5. The summed E-state index contributed by atoms with van der Waals surface area (Å²) in [6.07, 6.45) is 10.5. The van der Waals surface area contributed by atoms with Gasteiger partial charge < -0.3 is 10.2 Å². The Morgan fingerprint density at radius 2 is 1.87 bits per heavy atom. The van der Waals surface area contributed by atoms with E-state index >= 15 is 0 Å². The van der Waals surface area contributed by atoms with Gasteiger partial charge in [0, 0.05) is 23.2 Å². The minimum Gasteiger partial charge on any atom is -0.384 e. The molecule has 0 saturated heterocycles. The number of hydrogen-bond donors (Lipinski definition) is 1. The fourth-order valence-electron chi connectivity index (χ4n) is 4.63. The first kappa shape index (κ1) is 27.5. The van der Waals surface area contributed by atoms with Gasteiger partial charge >= 0.3 is 0 Å². The average Bonchev–Trinajstić information content (AvgIpc) is 2.95. The summed E-state index contributed by atoms with van der Waals surface area (Å²) < 4.78 is 1.68. The molecule has 4 rings (SSSR count). The van der Waals surface area contributed by atoms with Gasteiger partial charge in [0.1, 0.15) is 5.82 Å². The summed E-state index contributed by atoms with van der Waals surface area (Å²) in [5, 5.41) is 6.81. The van der Waals surface area contributed by atoms with Crippen LogP contribution in [0.1, 0.15) is 54.9 Å². The highest BCUT2D eigenvalue weighted by molar-refractivity contribution is 6.12. The SMILES string of the molecule is C=C/C=C\C(=C/C)n1c(C)nc(CCCC)c(Cc2ccc(-c3ccccc3C3=NOCC(=O)N3)cc2)c1=O. The Bertz CT molecular complexity index is 1510. The molecule has 0 atom stereocenters. The molecule has 1 aromatic heterocycles. The molecular formula is C32H34N4O3. The number of benzene rings is 2. The highest BCUT2D eigenvalue weighted by atomic mass is 16.6. The van der Waals surface area contributed by atoms with Crippen molar-refractivity contribution in [1.29, 1.82) is 0 Å². The lowest BCUT2D eigenvalue weighted by atomic mass is 9.96. The molecule has 2 aromatic carbocycles. The first-order valence-corrected chi connectivity index (χ1v) is 13.2. The molecule has 0 radical (unpaired) electrons. The highest BCUT2D eigenvalue weighted by Gasteiger charge is 2.19. The van der Waals surface area contributed by atoms with Crippen LogP contribution in [0, 0.1) is 6.92 Å². The lowest BCUT2D eigenvalue weighted by molar-refractivity contribution is -0.125. The van der Waals surface area contributed by atoms with Crippen LogP contribution in [-0.4, -0.2) is 27.9 Å². The second-order valence-electron chi connectivity index (χ2n) is 9.32. The van der Waals surface area contributed by atoms with Crippen LogP contribution in [-0.2, 0) is 22.5 Å². The molecule has 0 aliphatic carbocycles. The largest absolute Gasteiger partial charge is 0.384 e. The number of oxime groups is 1. The van der Waals surface area contributed by atoms with Gasteiger partial charge in [-0.05, 0) is 49.5 Å². The summed E-state index contributed by atoms with van der Waals surface area (Å²) in [5.41, 5.74) is 5.97. The van der Waals surface area contributed by atoms with Crippen molar-refractivity contribution in [2.24, 2.45) is 5.16 Å². The quantitative estimate of drug-likeness (QED) is 0.353. The molecule has 0 fully saturated rings. The maximum Gasteiger partial charge on any atom is 0.266 e. The van der Waals surface area contributed by atoms with E-state index in [2.05, 4.69) is 24.0 Å². The molecule has 7 heteroatoms. The molecule has 0 unspecified atom stereocenters. The zero-order chi connectivity index (χ0) is 27.8. The fourth-order valence-corrected chi connectivity index (χ4v) is 4.63. The van der Waals surface area contributed by atoms with E-state index in [1.165, 1.54) is 0 Å². The zero-order valence-electron chi connectivity index (χ0n) is 22.7. The lowest BCUT2D eigenvalue weighted by Crippen LogP contribution is -2.37. The average molecular weight is 523 g/mol. The van der Waals surface area contributed by atoms with E-state index in [1.807, 2.05) is 80.6 Å². The van der Waals surface area contributed by atoms with Crippen molar-refractivity contribution in [3.63, 3.8) is 0 Å². The van der Waals surface area contributed by atoms with E-state index in [4.69, 9.17) is 9.82 Å². The number of hydrogen-bond acceptors (Lipinski definition) is 5. The van der Waals surface area contributed by atoms with E-state index in [0.29, 0.717) is 23.6 Å². The van der Waals surface area contributed by atoms with Gasteiger partial charge in [0.05, 0.1) is 5.69 Å². The number of aromatic nitrogens is 2. The molecule has 0 bridgehead atoms. The fraction of sp³-hybridized carbons (Fsp3) is 0.250. The van der Waals surface area contributed by atoms with Crippen LogP contribution >= 0.6 is 0 Å². The second kappa shape index (κ2) is 12.8. The van der Waals surface area contributed by atoms with Crippen molar-refractivity contribution in [3.8, 4) is 11.1 Å². The van der Waals surface area contributed by atoms with E-state index in [9.17, 15) is 9.59 Å². The Morgan fingerprint density at radius 1 is 1.13 bits per heavy atom. The van der Waals surface area contributed by atoms with Crippen molar-refractivity contribution in [3.05, 3.63) is 118 Å². The molecular weight excluding hydrogens is 488 g/mol. The number of nitrogens with one attached hydrogen (secondary N) is 1. The van der Waals surface area contributed by atoms with Crippen LogP contribution < -0.4 is 10.9 Å². The number of carbonyl (C=O) groups excluding carboxylic acids is 1. The number of aryl methyl sites for hydroxylation is 2. The van der Waals surface area contributed by atoms with Crippen molar-refractivity contribution >= 4 is 17.4 Å². The van der Waals surface area contributed by atoms with Crippen LogP contribution in [0.3, 0.4) is 0 Å². The maximum absolute atomic E-state index is 13.8. The van der Waals surface area contributed by atoms with Crippen LogP contribution in [0.2, 0.25) is 0 Å². The molecule has 1 N–H and O–H groups in total. The predicted octanol–water partition coefficient (Wildman–Crippen LogP) is 5.56. The number of unbranched alkanes of at least 4 members (excludes halogenated alkanes) is 1. The summed E-state index contributed by atoms with van der Waals surface area (Å²) in [4.78, 5) is 35.6. The maximum atomic E-state index is 13.8. The van der Waals surface area contributed by atoms with E-state index in [-0.39, 0.29) is 18.1 Å².